The molecular formula is C20H21NO7. The summed E-state index contributed by atoms with van der Waals surface area (Å²) in [7, 11) is 5.75. The first kappa shape index (κ1) is 19.5. The Labute approximate surface area is 161 Å². The second kappa shape index (κ2) is 7.75. The molecule has 0 amide bonds. The van der Waals surface area contributed by atoms with Gasteiger partial charge in [-0.2, -0.15) is 0 Å². The summed E-state index contributed by atoms with van der Waals surface area (Å²) in [5.41, 5.74) is 0.896. The Bertz CT molecular complexity index is 968. The smallest absolute Gasteiger partial charge is 0.343 e. The Morgan fingerprint density at radius 2 is 1.61 bits per heavy atom. The fraction of sp³-hybridized carbons (Fsp3) is 0.350. The third-order valence-electron chi connectivity index (χ3n) is 4.87. The van der Waals surface area contributed by atoms with E-state index >= 15 is 0 Å². The summed E-state index contributed by atoms with van der Waals surface area (Å²) in [5, 5.41) is 0. The minimum absolute atomic E-state index is 0.165. The minimum atomic E-state index is -0.774. The van der Waals surface area contributed by atoms with Crippen LogP contribution in [0.1, 0.15) is 44.3 Å². The van der Waals surface area contributed by atoms with Crippen molar-refractivity contribution in [3.8, 4) is 17.2 Å². The summed E-state index contributed by atoms with van der Waals surface area (Å²) < 4.78 is 20.7. The van der Waals surface area contributed by atoms with E-state index in [0.29, 0.717) is 34.9 Å². The van der Waals surface area contributed by atoms with Crippen molar-refractivity contribution in [1.82, 2.24) is 4.98 Å². The molecule has 1 N–H and O–H groups in total. The number of fused-ring (bicyclic) bond motifs is 1. The van der Waals surface area contributed by atoms with E-state index < -0.39 is 11.5 Å². The second-order valence-electron chi connectivity index (χ2n) is 6.38. The fourth-order valence-electron chi connectivity index (χ4n) is 3.47. The van der Waals surface area contributed by atoms with Gasteiger partial charge in [0.25, 0.3) is 5.56 Å². The van der Waals surface area contributed by atoms with Gasteiger partial charge in [-0.25, -0.2) is 4.79 Å². The van der Waals surface area contributed by atoms with Gasteiger partial charge in [0.05, 0.1) is 28.4 Å². The molecule has 0 aliphatic heterocycles. The van der Waals surface area contributed by atoms with E-state index in [1.165, 1.54) is 34.5 Å². The number of Topliss-reactive ketones (excluding diaryl/α,β-unsaturated/α-hetero) is 1. The van der Waals surface area contributed by atoms with Crippen LogP contribution in [0, 0.1) is 0 Å². The number of carbonyl (C=O) groups is 2. The van der Waals surface area contributed by atoms with Gasteiger partial charge in [0.1, 0.15) is 5.56 Å². The maximum absolute atomic E-state index is 12.7. The van der Waals surface area contributed by atoms with Gasteiger partial charge in [-0.1, -0.05) is 0 Å². The Kier molecular flexibility index (Phi) is 5.39. The Morgan fingerprint density at radius 3 is 2.14 bits per heavy atom. The maximum Gasteiger partial charge on any atom is 0.343 e. The van der Waals surface area contributed by atoms with E-state index in [1.54, 1.807) is 12.1 Å². The highest BCUT2D eigenvalue weighted by molar-refractivity contribution is 6.01. The monoisotopic (exact) mass is 387 g/mol. The number of nitrogens with one attached hydrogen (secondary N) is 1. The lowest BCUT2D eigenvalue weighted by Gasteiger charge is -2.25. The number of pyridine rings is 1. The van der Waals surface area contributed by atoms with Crippen LogP contribution in [-0.2, 0) is 11.2 Å². The van der Waals surface area contributed by atoms with E-state index in [9.17, 15) is 14.4 Å². The van der Waals surface area contributed by atoms with Gasteiger partial charge in [0.2, 0.25) is 5.75 Å². The second-order valence-corrected chi connectivity index (χ2v) is 6.38. The number of H-pyrrole nitrogens is 1. The van der Waals surface area contributed by atoms with Gasteiger partial charge >= 0.3 is 5.97 Å². The van der Waals surface area contributed by atoms with Crippen LogP contribution < -0.4 is 19.8 Å². The molecule has 1 aromatic carbocycles. The summed E-state index contributed by atoms with van der Waals surface area (Å²) in [4.78, 5) is 39.3. The van der Waals surface area contributed by atoms with E-state index in [4.69, 9.17) is 14.2 Å². The summed E-state index contributed by atoms with van der Waals surface area (Å²) in [6.45, 7) is 0. The van der Waals surface area contributed by atoms with Crippen LogP contribution in [0.3, 0.4) is 0 Å². The number of ether oxygens (including phenoxy) is 4. The van der Waals surface area contributed by atoms with Crippen molar-refractivity contribution in [2.45, 2.75) is 18.8 Å². The third kappa shape index (κ3) is 3.33. The summed E-state index contributed by atoms with van der Waals surface area (Å²) in [6.07, 6.45) is 0.648. The first-order valence-corrected chi connectivity index (χ1v) is 8.61. The number of aromatic amines is 1. The number of rotatable bonds is 5. The Morgan fingerprint density at radius 1 is 0.964 bits per heavy atom. The normalized spacial score (nSPS) is 15.6. The molecule has 0 fully saturated rings. The average Bonchev–Trinajstić information content (AvgIpc) is 2.71. The fourth-order valence-corrected chi connectivity index (χ4v) is 3.47. The van der Waals surface area contributed by atoms with Crippen molar-refractivity contribution < 1.29 is 28.5 Å². The first-order valence-electron chi connectivity index (χ1n) is 8.61. The van der Waals surface area contributed by atoms with Gasteiger partial charge in [-0.3, -0.25) is 9.59 Å². The van der Waals surface area contributed by atoms with Crippen LogP contribution >= 0.6 is 0 Å². The number of benzene rings is 1. The summed E-state index contributed by atoms with van der Waals surface area (Å²) in [5.74, 6) is 0.319. The van der Waals surface area contributed by atoms with Gasteiger partial charge in [0.15, 0.2) is 17.3 Å². The molecule has 8 nitrogen and oxygen atoms in total. The van der Waals surface area contributed by atoms with Crippen LogP contribution in [0.15, 0.2) is 23.0 Å². The molecule has 1 aromatic heterocycles. The molecule has 1 aliphatic rings. The van der Waals surface area contributed by atoms with Gasteiger partial charge < -0.3 is 23.9 Å². The molecule has 1 aliphatic carbocycles. The lowest BCUT2D eigenvalue weighted by atomic mass is 9.81. The topological polar surface area (TPSA) is 104 Å². The SMILES string of the molecule is COC(=O)c1cc2c([nH]c1=O)CC(c1cc(OC)c(OC)c(OC)c1)CC2=O. The standard InChI is InChI=1S/C20H21NO7/c1-25-16-7-11(8-17(26-2)18(16)27-3)10-5-14-12(15(22)6-10)9-13(19(23)21-14)20(24)28-4/h7-10H,5-6H2,1-4H3,(H,21,23). The molecule has 0 radical (unpaired) electrons. The van der Waals surface area contributed by atoms with Crippen LogP contribution in [0.2, 0.25) is 0 Å². The summed E-state index contributed by atoms with van der Waals surface area (Å²) in [6, 6.07) is 4.91. The molecule has 0 saturated heterocycles. The van der Waals surface area contributed by atoms with Crippen molar-refractivity contribution >= 4 is 11.8 Å². The third-order valence-corrected chi connectivity index (χ3v) is 4.87. The number of hydrogen-bond donors (Lipinski definition) is 1. The quantitative estimate of drug-likeness (QED) is 0.784. The first-order chi connectivity index (χ1) is 13.4. The lowest BCUT2D eigenvalue weighted by Crippen LogP contribution is -2.27. The number of esters is 1. The van der Waals surface area contributed by atoms with Crippen molar-refractivity contribution in [1.29, 1.82) is 0 Å². The molecule has 1 unspecified atom stereocenters. The zero-order valence-corrected chi connectivity index (χ0v) is 16.1. The maximum atomic E-state index is 12.7. The van der Waals surface area contributed by atoms with E-state index in [0.717, 1.165) is 5.56 Å². The average molecular weight is 387 g/mol. The molecule has 1 atom stereocenters. The van der Waals surface area contributed by atoms with Crippen molar-refractivity contribution in [2.24, 2.45) is 0 Å². The molecule has 0 spiro atoms. The minimum Gasteiger partial charge on any atom is -0.493 e. The number of aromatic nitrogens is 1. The number of hydrogen-bond acceptors (Lipinski definition) is 7. The van der Waals surface area contributed by atoms with Crippen LogP contribution in [-0.4, -0.2) is 45.2 Å². The predicted octanol–water partition coefficient (Wildman–Crippen LogP) is 2.10. The number of ketones is 1. The molecule has 2 aromatic rings. The van der Waals surface area contributed by atoms with Crippen molar-refractivity contribution in [2.75, 3.05) is 28.4 Å². The Hall–Kier alpha value is -3.29. The highest BCUT2D eigenvalue weighted by Crippen LogP contribution is 2.42. The summed E-state index contributed by atoms with van der Waals surface area (Å²) >= 11 is 0. The molecule has 0 bridgehead atoms. The van der Waals surface area contributed by atoms with Crippen molar-refractivity contribution in [3.63, 3.8) is 0 Å². The molecule has 8 heteroatoms. The van der Waals surface area contributed by atoms with Gasteiger partial charge in [0, 0.05) is 17.7 Å². The molecule has 0 saturated carbocycles. The van der Waals surface area contributed by atoms with Gasteiger partial charge in [-0.05, 0) is 36.1 Å². The van der Waals surface area contributed by atoms with Crippen LogP contribution in [0.4, 0.5) is 0 Å². The van der Waals surface area contributed by atoms with Crippen LogP contribution in [0.25, 0.3) is 0 Å². The van der Waals surface area contributed by atoms with Crippen molar-refractivity contribution in [3.05, 3.63) is 50.9 Å². The highest BCUT2D eigenvalue weighted by Gasteiger charge is 2.30. The Balaban J connectivity index is 2.03. The molecule has 28 heavy (non-hydrogen) atoms. The molecule has 3 rings (SSSR count). The number of methoxy groups -OCH3 is 4. The zero-order valence-electron chi connectivity index (χ0n) is 16.1. The highest BCUT2D eigenvalue weighted by atomic mass is 16.5. The zero-order chi connectivity index (χ0) is 20.4. The van der Waals surface area contributed by atoms with E-state index in [1.807, 2.05) is 0 Å². The van der Waals surface area contributed by atoms with E-state index in [-0.39, 0.29) is 23.7 Å². The largest absolute Gasteiger partial charge is 0.493 e. The molecule has 1 heterocycles. The molecular weight excluding hydrogens is 366 g/mol. The predicted molar refractivity (Wildman–Crippen MR) is 99.9 cm³/mol. The molecule has 148 valence electrons. The van der Waals surface area contributed by atoms with Crippen LogP contribution in [0.5, 0.6) is 17.2 Å². The number of carbonyl (C=O) groups excluding carboxylic acids is 2. The van der Waals surface area contributed by atoms with Gasteiger partial charge in [-0.15, -0.1) is 0 Å². The van der Waals surface area contributed by atoms with E-state index in [2.05, 4.69) is 9.72 Å². The lowest BCUT2D eigenvalue weighted by molar-refractivity contribution is 0.0598.